The Morgan fingerprint density at radius 3 is 2.71 bits per heavy atom. The van der Waals surface area contributed by atoms with Gasteiger partial charge in [-0.15, -0.1) is 11.3 Å². The average Bonchev–Trinajstić information content (AvgIpc) is 3.09. The van der Waals surface area contributed by atoms with Gasteiger partial charge < -0.3 is 0 Å². The zero-order chi connectivity index (χ0) is 14.7. The molecule has 0 radical (unpaired) electrons. The van der Waals surface area contributed by atoms with Gasteiger partial charge in [-0.3, -0.25) is 4.57 Å². The summed E-state index contributed by atoms with van der Waals surface area (Å²) in [5.41, 5.74) is 0.726. The van der Waals surface area contributed by atoms with Crippen molar-refractivity contribution in [2.75, 3.05) is 0 Å². The summed E-state index contributed by atoms with van der Waals surface area (Å²) in [4.78, 5) is 13.5. The van der Waals surface area contributed by atoms with Crippen LogP contribution in [0.15, 0.2) is 47.5 Å². The van der Waals surface area contributed by atoms with Gasteiger partial charge in [0.2, 0.25) is 0 Å². The lowest BCUT2D eigenvalue weighted by atomic mass is 10.2. The smallest absolute Gasteiger partial charge is 0.276 e. The molecule has 2 heterocycles. The number of benzene rings is 1. The summed E-state index contributed by atoms with van der Waals surface area (Å²) in [6.45, 7) is 0.504. The summed E-state index contributed by atoms with van der Waals surface area (Å²) in [7, 11) is 0. The summed E-state index contributed by atoms with van der Waals surface area (Å²) in [6.07, 6.45) is 5.38. The van der Waals surface area contributed by atoms with Gasteiger partial charge in [0.25, 0.3) is 0 Å². The lowest BCUT2D eigenvalue weighted by Crippen LogP contribution is -2.16. The highest BCUT2D eigenvalue weighted by Gasteiger charge is 2.02. The fraction of sp³-hybridized carbons (Fsp3) is 0.0667. The van der Waals surface area contributed by atoms with Gasteiger partial charge in [0, 0.05) is 9.75 Å². The largest absolute Gasteiger partial charge is 0.343 e. The Morgan fingerprint density at radius 2 is 2.00 bits per heavy atom. The van der Waals surface area contributed by atoms with Gasteiger partial charge in [0.1, 0.15) is 12.1 Å². The number of nitrogens with one attached hydrogen (secondary N) is 1. The van der Waals surface area contributed by atoms with E-state index in [0.717, 1.165) is 15.3 Å². The average molecular weight is 301 g/mol. The molecule has 0 spiro atoms. The normalized spacial score (nSPS) is 11.3. The predicted molar refractivity (Wildman–Crippen MR) is 81.6 cm³/mol. The second kappa shape index (κ2) is 5.88. The number of thiophene rings is 1. The summed E-state index contributed by atoms with van der Waals surface area (Å²) in [5, 5.41) is 6.06. The molecule has 3 aromatic rings. The first kappa shape index (κ1) is 13.5. The van der Waals surface area contributed by atoms with Crippen molar-refractivity contribution in [1.82, 2.24) is 14.8 Å². The van der Waals surface area contributed by atoms with Gasteiger partial charge in [0.15, 0.2) is 0 Å². The van der Waals surface area contributed by atoms with E-state index in [1.807, 2.05) is 24.3 Å². The lowest BCUT2D eigenvalue weighted by molar-refractivity contribution is 0.628. The van der Waals surface area contributed by atoms with Crippen LogP contribution in [0.4, 0.5) is 4.39 Å². The van der Waals surface area contributed by atoms with Crippen molar-refractivity contribution in [3.63, 3.8) is 0 Å². The van der Waals surface area contributed by atoms with E-state index in [-0.39, 0.29) is 11.5 Å². The minimum absolute atomic E-state index is 0.216. The van der Waals surface area contributed by atoms with Crippen LogP contribution in [-0.4, -0.2) is 14.8 Å². The standard InChI is InChI=1S/C15H12FN3OS/c16-12-4-1-11(2-5-12)3-6-13-7-8-14(21-13)9-19-10-17-18-15(19)20/h1-8,10H,9H2,(H,18,20)/b6-3+. The summed E-state index contributed by atoms with van der Waals surface area (Å²) < 4.78 is 14.3. The third-order valence-corrected chi connectivity index (χ3v) is 3.97. The van der Waals surface area contributed by atoms with Gasteiger partial charge >= 0.3 is 5.69 Å². The molecule has 0 bridgehead atoms. The molecule has 0 aliphatic heterocycles. The molecule has 0 saturated heterocycles. The molecule has 0 amide bonds. The molecule has 0 atom stereocenters. The van der Waals surface area contributed by atoms with Crippen LogP contribution in [0.2, 0.25) is 0 Å². The van der Waals surface area contributed by atoms with Crippen molar-refractivity contribution in [2.45, 2.75) is 6.54 Å². The summed E-state index contributed by atoms with van der Waals surface area (Å²) in [6, 6.07) is 10.3. The molecule has 0 saturated carbocycles. The van der Waals surface area contributed by atoms with Crippen molar-refractivity contribution < 1.29 is 4.39 Å². The molecular formula is C15H12FN3OS. The van der Waals surface area contributed by atoms with Gasteiger partial charge in [-0.05, 0) is 35.9 Å². The van der Waals surface area contributed by atoms with Crippen LogP contribution in [0.5, 0.6) is 0 Å². The molecule has 0 fully saturated rings. The fourth-order valence-corrected chi connectivity index (χ4v) is 2.79. The zero-order valence-corrected chi connectivity index (χ0v) is 11.8. The first-order chi connectivity index (χ1) is 10.2. The van der Waals surface area contributed by atoms with E-state index in [2.05, 4.69) is 10.2 Å². The Morgan fingerprint density at radius 1 is 1.19 bits per heavy atom. The predicted octanol–water partition coefficient (Wildman–Crippen LogP) is 2.99. The Labute approximate surface area is 124 Å². The molecule has 21 heavy (non-hydrogen) atoms. The maximum Gasteiger partial charge on any atom is 0.343 e. The minimum Gasteiger partial charge on any atom is -0.276 e. The third kappa shape index (κ3) is 3.35. The van der Waals surface area contributed by atoms with Gasteiger partial charge in [-0.1, -0.05) is 18.2 Å². The maximum atomic E-state index is 12.8. The van der Waals surface area contributed by atoms with Crippen molar-refractivity contribution >= 4 is 23.5 Å². The molecule has 2 aromatic heterocycles. The third-order valence-electron chi connectivity index (χ3n) is 2.94. The molecule has 1 aromatic carbocycles. The minimum atomic E-state index is -0.240. The second-order valence-corrected chi connectivity index (χ2v) is 5.68. The Bertz CT molecular complexity index is 814. The molecule has 4 nitrogen and oxygen atoms in total. The second-order valence-electron chi connectivity index (χ2n) is 4.48. The highest BCUT2D eigenvalue weighted by atomic mass is 32.1. The van der Waals surface area contributed by atoms with Crippen molar-refractivity contribution in [3.8, 4) is 0 Å². The molecule has 0 aliphatic carbocycles. The molecule has 1 N–H and O–H groups in total. The molecule has 0 aliphatic rings. The van der Waals surface area contributed by atoms with Crippen LogP contribution in [0, 0.1) is 5.82 Å². The van der Waals surface area contributed by atoms with E-state index in [1.165, 1.54) is 23.0 Å². The first-order valence-electron chi connectivity index (χ1n) is 6.33. The molecular weight excluding hydrogens is 289 g/mol. The van der Waals surface area contributed by atoms with Crippen LogP contribution in [0.1, 0.15) is 15.3 Å². The zero-order valence-electron chi connectivity index (χ0n) is 11.0. The van der Waals surface area contributed by atoms with E-state index < -0.39 is 0 Å². The number of nitrogens with zero attached hydrogens (tertiary/aromatic N) is 2. The SMILES string of the molecule is O=c1[nH]ncn1Cc1ccc(/C=C/c2ccc(F)cc2)s1. The first-order valence-corrected chi connectivity index (χ1v) is 7.14. The van der Waals surface area contributed by atoms with Crippen molar-refractivity contribution in [2.24, 2.45) is 0 Å². The van der Waals surface area contributed by atoms with Gasteiger partial charge in [0.05, 0.1) is 6.54 Å². The monoisotopic (exact) mass is 301 g/mol. The van der Waals surface area contributed by atoms with Crippen molar-refractivity contribution in [1.29, 1.82) is 0 Å². The highest BCUT2D eigenvalue weighted by molar-refractivity contribution is 7.12. The van der Waals surface area contributed by atoms with E-state index in [4.69, 9.17) is 0 Å². The molecule has 106 valence electrons. The molecule has 3 rings (SSSR count). The van der Waals surface area contributed by atoms with Crippen LogP contribution in [0.25, 0.3) is 12.2 Å². The topological polar surface area (TPSA) is 50.7 Å². The molecule has 6 heteroatoms. The number of aromatic amines is 1. The van der Waals surface area contributed by atoms with Gasteiger partial charge in [-0.2, -0.15) is 5.10 Å². The highest BCUT2D eigenvalue weighted by Crippen LogP contribution is 2.19. The van der Waals surface area contributed by atoms with Crippen LogP contribution >= 0.6 is 11.3 Å². The van der Waals surface area contributed by atoms with E-state index in [1.54, 1.807) is 23.5 Å². The number of H-pyrrole nitrogens is 1. The maximum absolute atomic E-state index is 12.8. The Balaban J connectivity index is 1.71. The van der Waals surface area contributed by atoms with E-state index >= 15 is 0 Å². The van der Waals surface area contributed by atoms with E-state index in [9.17, 15) is 9.18 Å². The lowest BCUT2D eigenvalue weighted by Gasteiger charge is -1.95. The van der Waals surface area contributed by atoms with Gasteiger partial charge in [-0.25, -0.2) is 14.3 Å². The number of aromatic nitrogens is 3. The van der Waals surface area contributed by atoms with E-state index in [0.29, 0.717) is 6.54 Å². The number of hydrogen-bond donors (Lipinski definition) is 1. The Hall–Kier alpha value is -2.47. The van der Waals surface area contributed by atoms with Crippen LogP contribution < -0.4 is 5.69 Å². The number of hydrogen-bond acceptors (Lipinski definition) is 3. The van der Waals surface area contributed by atoms with Crippen LogP contribution in [0.3, 0.4) is 0 Å². The molecule has 0 unspecified atom stereocenters. The number of halogens is 1. The summed E-state index contributed by atoms with van der Waals surface area (Å²) in [5.74, 6) is -0.240. The van der Waals surface area contributed by atoms with Crippen molar-refractivity contribution in [3.05, 3.63) is 74.3 Å². The number of rotatable bonds is 4. The summed E-state index contributed by atoms with van der Waals surface area (Å²) >= 11 is 1.60. The fourth-order valence-electron chi connectivity index (χ4n) is 1.87. The van der Waals surface area contributed by atoms with Crippen LogP contribution in [-0.2, 0) is 6.54 Å². The quantitative estimate of drug-likeness (QED) is 0.805. The Kier molecular flexibility index (Phi) is 3.79.